The molecule has 0 aromatic heterocycles. The monoisotopic (exact) mass is 270 g/mol. The van der Waals surface area contributed by atoms with Crippen molar-refractivity contribution in [3.63, 3.8) is 0 Å². The van der Waals surface area contributed by atoms with Gasteiger partial charge in [0.1, 0.15) is 0 Å². The van der Waals surface area contributed by atoms with Crippen molar-refractivity contribution in [3.8, 4) is 0 Å². The fourth-order valence-corrected chi connectivity index (χ4v) is 3.53. The quantitative estimate of drug-likeness (QED) is 0.602. The van der Waals surface area contributed by atoms with Gasteiger partial charge in [0, 0.05) is 5.92 Å². The van der Waals surface area contributed by atoms with Gasteiger partial charge in [0.15, 0.2) is 0 Å². The molecule has 2 nitrogen and oxygen atoms in total. The molecule has 1 saturated carbocycles. The lowest BCUT2D eigenvalue weighted by molar-refractivity contribution is 0.0472. The Hall–Kier alpha value is -1.57. The van der Waals surface area contributed by atoms with Crippen molar-refractivity contribution in [1.82, 2.24) is 0 Å². The van der Waals surface area contributed by atoms with E-state index in [4.69, 9.17) is 4.74 Å². The van der Waals surface area contributed by atoms with Crippen LogP contribution in [0.3, 0.4) is 0 Å². The number of esters is 1. The van der Waals surface area contributed by atoms with Crippen LogP contribution in [0.15, 0.2) is 42.0 Å². The van der Waals surface area contributed by atoms with Crippen LogP contribution in [-0.2, 0) is 4.74 Å². The molecule has 3 rings (SSSR count). The first-order valence-electron chi connectivity index (χ1n) is 7.62. The van der Waals surface area contributed by atoms with E-state index in [0.29, 0.717) is 23.5 Å². The van der Waals surface area contributed by atoms with E-state index in [1.807, 2.05) is 30.3 Å². The number of hydrogen-bond donors (Lipinski definition) is 0. The summed E-state index contributed by atoms with van der Waals surface area (Å²) in [7, 11) is 0. The molecule has 0 radical (unpaired) electrons. The molecule has 0 amide bonds. The van der Waals surface area contributed by atoms with Gasteiger partial charge >= 0.3 is 5.97 Å². The molecule has 20 heavy (non-hydrogen) atoms. The molecule has 2 aliphatic carbocycles. The summed E-state index contributed by atoms with van der Waals surface area (Å²) in [4.78, 5) is 12.0. The summed E-state index contributed by atoms with van der Waals surface area (Å²) >= 11 is 0. The van der Waals surface area contributed by atoms with Gasteiger partial charge < -0.3 is 4.74 Å². The minimum atomic E-state index is -0.192. The molecule has 1 spiro atoms. The van der Waals surface area contributed by atoms with Gasteiger partial charge in [0.25, 0.3) is 0 Å². The van der Waals surface area contributed by atoms with Crippen LogP contribution in [0, 0.1) is 11.3 Å². The predicted molar refractivity (Wildman–Crippen MR) is 79.5 cm³/mol. The maximum Gasteiger partial charge on any atom is 0.338 e. The van der Waals surface area contributed by atoms with E-state index >= 15 is 0 Å². The third-order valence-corrected chi connectivity index (χ3v) is 4.97. The van der Waals surface area contributed by atoms with Gasteiger partial charge in [-0.15, -0.1) is 0 Å². The Labute approximate surface area is 120 Å². The maximum absolute atomic E-state index is 12.0. The van der Waals surface area contributed by atoms with Crippen molar-refractivity contribution >= 4 is 5.97 Å². The molecule has 0 saturated heterocycles. The molecule has 1 fully saturated rings. The Morgan fingerprint density at radius 1 is 1.30 bits per heavy atom. The number of benzene rings is 1. The number of hydrogen-bond acceptors (Lipinski definition) is 2. The normalized spacial score (nSPS) is 28.6. The van der Waals surface area contributed by atoms with Crippen LogP contribution in [-0.4, -0.2) is 12.6 Å². The van der Waals surface area contributed by atoms with Crippen LogP contribution in [0.1, 0.15) is 49.4 Å². The summed E-state index contributed by atoms with van der Waals surface area (Å²) in [6.45, 7) is 2.82. The number of carbonyl (C=O) groups is 1. The largest absolute Gasteiger partial charge is 0.462 e. The lowest BCUT2D eigenvalue weighted by Crippen LogP contribution is -2.12. The van der Waals surface area contributed by atoms with Crippen molar-refractivity contribution in [1.29, 1.82) is 0 Å². The van der Waals surface area contributed by atoms with E-state index in [9.17, 15) is 4.79 Å². The first-order chi connectivity index (χ1) is 9.72. The lowest BCUT2D eigenvalue weighted by Gasteiger charge is -2.16. The fourth-order valence-electron chi connectivity index (χ4n) is 3.53. The van der Waals surface area contributed by atoms with Crippen molar-refractivity contribution in [2.75, 3.05) is 6.61 Å². The van der Waals surface area contributed by atoms with Gasteiger partial charge in [0.2, 0.25) is 0 Å². The van der Waals surface area contributed by atoms with Gasteiger partial charge in [-0.1, -0.05) is 36.3 Å². The summed E-state index contributed by atoms with van der Waals surface area (Å²) in [5, 5.41) is 0. The van der Waals surface area contributed by atoms with Crippen molar-refractivity contribution in [3.05, 3.63) is 47.5 Å². The molecule has 0 aliphatic heterocycles. The zero-order valence-corrected chi connectivity index (χ0v) is 12.1. The molecule has 106 valence electrons. The molecular weight excluding hydrogens is 248 g/mol. The summed E-state index contributed by atoms with van der Waals surface area (Å²) in [5.74, 6) is 0.340. The van der Waals surface area contributed by atoms with E-state index in [2.05, 4.69) is 13.0 Å². The Morgan fingerprint density at radius 2 is 2.10 bits per heavy atom. The lowest BCUT2D eigenvalue weighted by atomic mass is 9.90. The molecule has 1 aromatic carbocycles. The molecule has 0 N–H and O–H groups in total. The van der Waals surface area contributed by atoms with Crippen LogP contribution < -0.4 is 0 Å². The molecule has 2 atom stereocenters. The van der Waals surface area contributed by atoms with E-state index < -0.39 is 0 Å². The molecule has 0 heterocycles. The highest BCUT2D eigenvalue weighted by molar-refractivity contribution is 5.89. The van der Waals surface area contributed by atoms with Crippen LogP contribution in [0.5, 0.6) is 0 Å². The maximum atomic E-state index is 12.0. The van der Waals surface area contributed by atoms with Crippen molar-refractivity contribution in [2.45, 2.75) is 39.0 Å². The first-order valence-corrected chi connectivity index (χ1v) is 7.62. The second kappa shape index (κ2) is 5.43. The third-order valence-electron chi connectivity index (χ3n) is 4.97. The summed E-state index contributed by atoms with van der Waals surface area (Å²) in [6, 6.07) is 9.26. The predicted octanol–water partition coefficient (Wildman–Crippen LogP) is 4.37. The zero-order chi connectivity index (χ0) is 14.0. The van der Waals surface area contributed by atoms with E-state index in [1.54, 1.807) is 0 Å². The van der Waals surface area contributed by atoms with Gasteiger partial charge in [0.05, 0.1) is 12.2 Å². The van der Waals surface area contributed by atoms with Gasteiger partial charge in [-0.25, -0.2) is 4.79 Å². The average Bonchev–Trinajstić information content (AvgIpc) is 3.22. The molecular formula is C18H22O2. The topological polar surface area (TPSA) is 26.3 Å². The molecule has 2 heteroatoms. The first kappa shape index (κ1) is 13.4. The van der Waals surface area contributed by atoms with Gasteiger partial charge in [-0.05, 0) is 50.2 Å². The SMILES string of the molecule is CC1=CCCCC[C@]12C[C@H]2COC(=O)c1ccccc1. The summed E-state index contributed by atoms with van der Waals surface area (Å²) in [6.07, 6.45) is 8.67. The van der Waals surface area contributed by atoms with Gasteiger partial charge in [-0.3, -0.25) is 0 Å². The molecule has 2 aliphatic rings. The Balaban J connectivity index is 1.57. The van der Waals surface area contributed by atoms with Crippen molar-refractivity contribution in [2.24, 2.45) is 11.3 Å². The molecule has 1 aromatic rings. The smallest absolute Gasteiger partial charge is 0.338 e. The molecule has 0 unspecified atom stereocenters. The second-order valence-corrected chi connectivity index (χ2v) is 6.15. The van der Waals surface area contributed by atoms with Crippen LogP contribution in [0.4, 0.5) is 0 Å². The number of allylic oxidation sites excluding steroid dienone is 2. The minimum absolute atomic E-state index is 0.192. The van der Waals surface area contributed by atoms with Gasteiger partial charge in [-0.2, -0.15) is 0 Å². The Morgan fingerprint density at radius 3 is 2.90 bits per heavy atom. The number of ether oxygens (including phenoxy) is 1. The zero-order valence-electron chi connectivity index (χ0n) is 12.1. The highest BCUT2D eigenvalue weighted by Gasteiger charge is 2.55. The van der Waals surface area contributed by atoms with E-state index in [-0.39, 0.29) is 5.97 Å². The van der Waals surface area contributed by atoms with Crippen LogP contribution in [0.25, 0.3) is 0 Å². The summed E-state index contributed by atoms with van der Waals surface area (Å²) < 4.78 is 5.50. The van der Waals surface area contributed by atoms with Crippen LogP contribution >= 0.6 is 0 Å². The van der Waals surface area contributed by atoms with Crippen molar-refractivity contribution < 1.29 is 9.53 Å². The van der Waals surface area contributed by atoms with Crippen LogP contribution in [0.2, 0.25) is 0 Å². The minimum Gasteiger partial charge on any atom is -0.462 e. The highest BCUT2D eigenvalue weighted by atomic mass is 16.5. The van der Waals surface area contributed by atoms with E-state index in [1.165, 1.54) is 37.7 Å². The number of carbonyl (C=O) groups excluding carboxylic acids is 1. The molecule has 0 bridgehead atoms. The average molecular weight is 270 g/mol. The Bertz CT molecular complexity index is 517. The Kier molecular flexibility index (Phi) is 3.64. The second-order valence-electron chi connectivity index (χ2n) is 6.15. The number of rotatable bonds is 3. The standard InChI is InChI=1S/C18H22O2/c1-14-8-4-3-7-11-18(14)12-16(18)13-20-17(19)15-9-5-2-6-10-15/h2,5-6,8-10,16H,3-4,7,11-13H2,1H3/t16-,18-/m0/s1. The van der Waals surface area contributed by atoms with E-state index in [0.717, 1.165) is 0 Å². The summed E-state index contributed by atoms with van der Waals surface area (Å²) in [5.41, 5.74) is 2.53. The third kappa shape index (κ3) is 2.52. The highest BCUT2D eigenvalue weighted by Crippen LogP contribution is 2.61. The fraction of sp³-hybridized carbons (Fsp3) is 0.500.